The molecule has 3 heterocycles. The number of rotatable bonds is 4. The Morgan fingerprint density at radius 2 is 2.00 bits per heavy atom. The molecule has 1 saturated heterocycles. The summed E-state index contributed by atoms with van der Waals surface area (Å²) < 4.78 is 45.8. The quantitative estimate of drug-likeness (QED) is 0.748. The van der Waals surface area contributed by atoms with Gasteiger partial charge in [-0.1, -0.05) is 0 Å². The third-order valence-electron chi connectivity index (χ3n) is 5.28. The Morgan fingerprint density at radius 3 is 2.73 bits per heavy atom. The first-order chi connectivity index (χ1) is 14.4. The Balaban J connectivity index is 1.47. The van der Waals surface area contributed by atoms with Gasteiger partial charge in [0.15, 0.2) is 0 Å². The van der Waals surface area contributed by atoms with Crippen LogP contribution in [0, 0.1) is 5.82 Å². The van der Waals surface area contributed by atoms with Gasteiger partial charge in [0, 0.05) is 44.4 Å². The van der Waals surface area contributed by atoms with Crippen LogP contribution in [0.25, 0.3) is 0 Å². The summed E-state index contributed by atoms with van der Waals surface area (Å²) in [5.41, 5.74) is 1.71. The molecule has 4 rings (SSSR count). The Labute approximate surface area is 173 Å². The maximum atomic E-state index is 14.3. The lowest BCUT2D eigenvalue weighted by atomic mass is 10.1. The Bertz CT molecular complexity index is 1070. The normalized spacial score (nSPS) is 17.0. The van der Waals surface area contributed by atoms with E-state index in [0.29, 0.717) is 45.3 Å². The predicted molar refractivity (Wildman–Crippen MR) is 106 cm³/mol. The van der Waals surface area contributed by atoms with Crippen LogP contribution in [0.1, 0.15) is 21.6 Å². The molecule has 2 aliphatic rings. The summed E-state index contributed by atoms with van der Waals surface area (Å²) in [4.78, 5) is 25.2. The fourth-order valence-electron chi connectivity index (χ4n) is 3.51. The lowest BCUT2D eigenvalue weighted by molar-refractivity contribution is 0.0741. The third-order valence-corrected chi connectivity index (χ3v) is 6.69. The second kappa shape index (κ2) is 8.25. The molecule has 0 unspecified atom stereocenters. The largest absolute Gasteiger partial charge is 0.376 e. The molecule has 11 heteroatoms. The molecule has 1 aromatic heterocycles. The Morgan fingerprint density at radius 1 is 1.23 bits per heavy atom. The minimum Gasteiger partial charge on any atom is -0.376 e. The number of sulfonamides is 1. The van der Waals surface area contributed by atoms with Crippen molar-refractivity contribution in [2.75, 3.05) is 44.7 Å². The number of hydrogen-bond acceptors (Lipinski definition) is 7. The molecule has 0 saturated carbocycles. The highest BCUT2D eigenvalue weighted by molar-refractivity contribution is 7.89. The van der Waals surface area contributed by atoms with Crippen molar-refractivity contribution in [2.45, 2.75) is 17.9 Å². The van der Waals surface area contributed by atoms with Crippen molar-refractivity contribution < 1.29 is 22.3 Å². The Kier molecular flexibility index (Phi) is 5.67. The highest BCUT2D eigenvalue weighted by Gasteiger charge is 2.27. The van der Waals surface area contributed by atoms with E-state index < -0.39 is 21.7 Å². The summed E-state index contributed by atoms with van der Waals surface area (Å²) in [6.45, 7) is 2.86. The van der Waals surface area contributed by atoms with E-state index in [9.17, 15) is 17.6 Å². The summed E-state index contributed by atoms with van der Waals surface area (Å²) in [5.74, 6) is -0.683. The van der Waals surface area contributed by atoms with Crippen molar-refractivity contribution in [3.8, 4) is 0 Å². The number of fused-ring (bicyclic) bond motifs is 1. The number of nitrogens with one attached hydrogen (secondary N) is 1. The molecule has 0 aliphatic carbocycles. The second-order valence-corrected chi connectivity index (χ2v) is 8.96. The highest BCUT2D eigenvalue weighted by atomic mass is 32.2. The maximum Gasteiger partial charge on any atom is 0.256 e. The summed E-state index contributed by atoms with van der Waals surface area (Å²) in [7, 11) is -2.52. The monoisotopic (exact) mass is 435 g/mol. The van der Waals surface area contributed by atoms with Gasteiger partial charge in [-0.15, -0.1) is 0 Å². The average Bonchev–Trinajstić information content (AvgIpc) is 2.78. The topological polar surface area (TPSA) is 105 Å². The molecule has 9 nitrogen and oxygen atoms in total. The molecule has 1 amide bonds. The summed E-state index contributed by atoms with van der Waals surface area (Å²) in [6.07, 6.45) is 2.52. The molecular formula is C19H22FN5O4S. The van der Waals surface area contributed by atoms with Gasteiger partial charge < -0.3 is 14.5 Å². The van der Waals surface area contributed by atoms with Gasteiger partial charge in [0.1, 0.15) is 5.82 Å². The van der Waals surface area contributed by atoms with Gasteiger partial charge in [0.05, 0.1) is 29.4 Å². The first-order valence-electron chi connectivity index (χ1n) is 9.59. The molecule has 0 radical (unpaired) electrons. The number of benzene rings is 1. The van der Waals surface area contributed by atoms with Crippen LogP contribution in [0.4, 0.5) is 10.3 Å². The van der Waals surface area contributed by atoms with E-state index in [1.54, 1.807) is 6.20 Å². The van der Waals surface area contributed by atoms with E-state index in [1.807, 2.05) is 4.90 Å². The van der Waals surface area contributed by atoms with Gasteiger partial charge in [0.25, 0.3) is 5.91 Å². The van der Waals surface area contributed by atoms with Crippen molar-refractivity contribution >= 4 is 21.9 Å². The SMILES string of the molecule is CNS(=O)(=O)c1ccc(F)c(C(=O)N2CCN(c3ncc4c(n3)CCOC4)CC2)c1. The van der Waals surface area contributed by atoms with E-state index in [-0.39, 0.29) is 10.5 Å². The van der Waals surface area contributed by atoms with Gasteiger partial charge >= 0.3 is 0 Å². The molecule has 2 aliphatic heterocycles. The van der Waals surface area contributed by atoms with E-state index >= 15 is 0 Å². The number of halogens is 1. The molecule has 30 heavy (non-hydrogen) atoms. The van der Waals surface area contributed by atoms with Crippen molar-refractivity contribution in [2.24, 2.45) is 0 Å². The number of piperazine rings is 1. The number of nitrogens with zero attached hydrogens (tertiary/aromatic N) is 4. The summed E-state index contributed by atoms with van der Waals surface area (Å²) in [6, 6.07) is 3.21. The number of aromatic nitrogens is 2. The average molecular weight is 435 g/mol. The molecule has 1 aromatic carbocycles. The smallest absolute Gasteiger partial charge is 0.256 e. The van der Waals surface area contributed by atoms with Crippen LogP contribution in [0.3, 0.4) is 0 Å². The minimum atomic E-state index is -3.78. The standard InChI is InChI=1S/C19H22FN5O4S/c1-21-30(27,28)14-2-3-16(20)15(10-14)18(26)24-5-7-25(8-6-24)19-22-11-13-12-29-9-4-17(13)23-19/h2-3,10-11,21H,4-9,12H2,1H3. The minimum absolute atomic E-state index is 0.153. The molecule has 1 N–H and O–H groups in total. The van der Waals surface area contributed by atoms with E-state index in [0.717, 1.165) is 35.9 Å². The Hall–Kier alpha value is -2.63. The molecule has 0 bridgehead atoms. The number of carbonyl (C=O) groups is 1. The summed E-state index contributed by atoms with van der Waals surface area (Å²) >= 11 is 0. The van der Waals surface area contributed by atoms with Crippen molar-refractivity contribution in [1.82, 2.24) is 19.6 Å². The molecule has 0 spiro atoms. The number of carbonyl (C=O) groups excluding carboxylic acids is 1. The van der Waals surface area contributed by atoms with Crippen LogP contribution in [-0.2, 0) is 27.8 Å². The van der Waals surface area contributed by atoms with Crippen molar-refractivity contribution in [1.29, 1.82) is 0 Å². The number of hydrogen-bond donors (Lipinski definition) is 1. The van der Waals surface area contributed by atoms with E-state index in [1.165, 1.54) is 11.9 Å². The first-order valence-corrected chi connectivity index (χ1v) is 11.1. The van der Waals surface area contributed by atoms with Gasteiger partial charge in [-0.25, -0.2) is 27.5 Å². The lowest BCUT2D eigenvalue weighted by Crippen LogP contribution is -2.49. The first kappa shape index (κ1) is 20.6. The predicted octanol–water partition coefficient (Wildman–Crippen LogP) is 0.559. The molecule has 160 valence electrons. The van der Waals surface area contributed by atoms with E-state index in [4.69, 9.17) is 4.74 Å². The van der Waals surface area contributed by atoms with Gasteiger partial charge in [0.2, 0.25) is 16.0 Å². The van der Waals surface area contributed by atoms with E-state index in [2.05, 4.69) is 14.7 Å². The van der Waals surface area contributed by atoms with Crippen LogP contribution in [-0.4, -0.2) is 69.0 Å². The van der Waals surface area contributed by atoms with Gasteiger partial charge in [-0.05, 0) is 25.2 Å². The molecule has 1 fully saturated rings. The van der Waals surface area contributed by atoms with Crippen LogP contribution < -0.4 is 9.62 Å². The van der Waals surface area contributed by atoms with Gasteiger partial charge in [-0.3, -0.25) is 4.79 Å². The fraction of sp³-hybridized carbons (Fsp3) is 0.421. The molecular weight excluding hydrogens is 413 g/mol. The number of anilines is 1. The zero-order valence-corrected chi connectivity index (χ0v) is 17.3. The van der Waals surface area contributed by atoms with Crippen LogP contribution >= 0.6 is 0 Å². The van der Waals surface area contributed by atoms with Gasteiger partial charge in [-0.2, -0.15) is 0 Å². The van der Waals surface area contributed by atoms with Crippen LogP contribution in [0.5, 0.6) is 0 Å². The zero-order chi connectivity index (χ0) is 21.3. The highest BCUT2D eigenvalue weighted by Crippen LogP contribution is 2.20. The van der Waals surface area contributed by atoms with Crippen LogP contribution in [0.15, 0.2) is 29.3 Å². The maximum absolute atomic E-state index is 14.3. The van der Waals surface area contributed by atoms with Crippen molar-refractivity contribution in [3.63, 3.8) is 0 Å². The zero-order valence-electron chi connectivity index (χ0n) is 16.5. The number of amides is 1. The second-order valence-electron chi connectivity index (χ2n) is 7.07. The third kappa shape index (κ3) is 4.00. The lowest BCUT2D eigenvalue weighted by Gasteiger charge is -2.35. The molecule has 0 atom stereocenters. The molecule has 2 aromatic rings. The van der Waals surface area contributed by atoms with Crippen molar-refractivity contribution in [3.05, 3.63) is 47.0 Å². The summed E-state index contributed by atoms with van der Waals surface area (Å²) in [5, 5.41) is 0. The number of ether oxygens (including phenoxy) is 1. The van der Waals surface area contributed by atoms with Crippen LogP contribution in [0.2, 0.25) is 0 Å². The fourth-order valence-corrected chi connectivity index (χ4v) is 4.26.